The molecule has 0 spiro atoms. The number of anilines is 1. The molecule has 0 radical (unpaired) electrons. The SMILES string of the molecule is CCNC(c1ccc2c(c1)CCCC(=O)N2)C1CCCO1. The molecule has 1 aromatic carbocycles. The van der Waals surface area contributed by atoms with Gasteiger partial charge in [-0.15, -0.1) is 0 Å². The molecular weight excluding hydrogens is 264 g/mol. The zero-order valence-electron chi connectivity index (χ0n) is 12.7. The summed E-state index contributed by atoms with van der Waals surface area (Å²) in [6.45, 7) is 3.93. The van der Waals surface area contributed by atoms with Gasteiger partial charge < -0.3 is 15.4 Å². The Bertz CT molecular complexity index is 510. The van der Waals surface area contributed by atoms with Crippen LogP contribution in [0.25, 0.3) is 0 Å². The lowest BCUT2D eigenvalue weighted by atomic mass is 9.95. The monoisotopic (exact) mass is 288 g/mol. The molecular formula is C17H24N2O2. The van der Waals surface area contributed by atoms with Gasteiger partial charge in [0, 0.05) is 18.7 Å². The van der Waals surface area contributed by atoms with E-state index in [9.17, 15) is 4.79 Å². The maximum atomic E-state index is 11.6. The number of benzene rings is 1. The Morgan fingerprint density at radius 3 is 3.05 bits per heavy atom. The van der Waals surface area contributed by atoms with Crippen LogP contribution in [0.4, 0.5) is 5.69 Å². The van der Waals surface area contributed by atoms with Crippen molar-refractivity contribution in [3.05, 3.63) is 29.3 Å². The highest BCUT2D eigenvalue weighted by Crippen LogP contribution is 2.31. The highest BCUT2D eigenvalue weighted by molar-refractivity contribution is 5.92. The number of likely N-dealkylation sites (N-methyl/N-ethyl adjacent to an activating group) is 1. The molecule has 0 saturated carbocycles. The third-order valence-corrected chi connectivity index (χ3v) is 4.37. The first-order valence-electron chi connectivity index (χ1n) is 8.05. The lowest BCUT2D eigenvalue weighted by Gasteiger charge is -2.25. The Labute approximate surface area is 126 Å². The Morgan fingerprint density at radius 1 is 1.38 bits per heavy atom. The van der Waals surface area contributed by atoms with Crippen LogP contribution >= 0.6 is 0 Å². The second-order valence-corrected chi connectivity index (χ2v) is 5.91. The Kier molecular flexibility index (Phi) is 4.56. The lowest BCUT2D eigenvalue weighted by Crippen LogP contribution is -2.31. The van der Waals surface area contributed by atoms with Gasteiger partial charge in [0.05, 0.1) is 12.1 Å². The topological polar surface area (TPSA) is 50.4 Å². The van der Waals surface area contributed by atoms with E-state index in [2.05, 4.69) is 29.7 Å². The summed E-state index contributed by atoms with van der Waals surface area (Å²) in [6.07, 6.45) is 5.04. The van der Waals surface area contributed by atoms with Crippen molar-refractivity contribution < 1.29 is 9.53 Å². The van der Waals surface area contributed by atoms with Crippen LogP contribution in [0, 0.1) is 0 Å². The van der Waals surface area contributed by atoms with E-state index in [0.29, 0.717) is 6.42 Å². The fourth-order valence-corrected chi connectivity index (χ4v) is 3.34. The minimum absolute atomic E-state index is 0.129. The maximum absolute atomic E-state index is 11.6. The Morgan fingerprint density at radius 2 is 2.29 bits per heavy atom. The molecule has 0 bridgehead atoms. The molecule has 1 amide bonds. The molecule has 1 fully saturated rings. The zero-order valence-corrected chi connectivity index (χ0v) is 12.7. The Hall–Kier alpha value is -1.39. The number of carbonyl (C=O) groups is 1. The van der Waals surface area contributed by atoms with E-state index in [-0.39, 0.29) is 18.1 Å². The molecule has 2 aliphatic rings. The van der Waals surface area contributed by atoms with Crippen molar-refractivity contribution in [3.8, 4) is 0 Å². The van der Waals surface area contributed by atoms with Gasteiger partial charge in [-0.1, -0.05) is 19.1 Å². The van der Waals surface area contributed by atoms with Gasteiger partial charge in [0.1, 0.15) is 0 Å². The lowest BCUT2D eigenvalue weighted by molar-refractivity contribution is -0.116. The zero-order chi connectivity index (χ0) is 14.7. The van der Waals surface area contributed by atoms with Crippen LogP contribution in [0.5, 0.6) is 0 Å². The summed E-state index contributed by atoms with van der Waals surface area (Å²) in [4.78, 5) is 11.6. The van der Waals surface area contributed by atoms with E-state index in [0.717, 1.165) is 44.5 Å². The molecule has 1 aromatic rings. The van der Waals surface area contributed by atoms with Crippen LogP contribution in [0.3, 0.4) is 0 Å². The molecule has 3 rings (SSSR count). The summed E-state index contributed by atoms with van der Waals surface area (Å²) in [5.41, 5.74) is 3.50. The average molecular weight is 288 g/mol. The highest BCUT2D eigenvalue weighted by Gasteiger charge is 2.27. The average Bonchev–Trinajstić information content (AvgIpc) is 2.93. The van der Waals surface area contributed by atoms with E-state index in [1.165, 1.54) is 11.1 Å². The fourth-order valence-electron chi connectivity index (χ4n) is 3.34. The molecule has 114 valence electrons. The van der Waals surface area contributed by atoms with Gasteiger partial charge in [-0.3, -0.25) is 4.79 Å². The molecule has 4 nitrogen and oxygen atoms in total. The predicted molar refractivity (Wildman–Crippen MR) is 83.4 cm³/mol. The summed E-state index contributed by atoms with van der Waals surface area (Å²) in [7, 11) is 0. The second-order valence-electron chi connectivity index (χ2n) is 5.91. The number of nitrogens with one attached hydrogen (secondary N) is 2. The molecule has 4 heteroatoms. The number of hydrogen-bond acceptors (Lipinski definition) is 3. The van der Waals surface area contributed by atoms with Gasteiger partial charge in [0.15, 0.2) is 0 Å². The quantitative estimate of drug-likeness (QED) is 0.895. The molecule has 0 aliphatic carbocycles. The van der Waals surface area contributed by atoms with Crippen LogP contribution in [0.1, 0.15) is 49.8 Å². The summed E-state index contributed by atoms with van der Waals surface area (Å²) < 4.78 is 5.88. The summed E-state index contributed by atoms with van der Waals surface area (Å²) in [5, 5.41) is 6.56. The molecule has 0 aromatic heterocycles. The first kappa shape index (κ1) is 14.5. The normalized spacial score (nSPS) is 23.3. The number of aryl methyl sites for hydroxylation is 1. The molecule has 2 aliphatic heterocycles. The van der Waals surface area contributed by atoms with Crippen LogP contribution in [-0.2, 0) is 16.0 Å². The first-order valence-corrected chi connectivity index (χ1v) is 8.05. The standard InChI is InChI=1S/C17H24N2O2/c1-2-18-17(15-6-4-10-21-15)13-8-9-14-12(11-13)5-3-7-16(20)19-14/h8-9,11,15,17-18H,2-7,10H2,1H3,(H,19,20). The molecule has 1 saturated heterocycles. The van der Waals surface area contributed by atoms with Crippen molar-refractivity contribution >= 4 is 11.6 Å². The van der Waals surface area contributed by atoms with Crippen LogP contribution in [0.15, 0.2) is 18.2 Å². The van der Waals surface area contributed by atoms with E-state index < -0.39 is 0 Å². The van der Waals surface area contributed by atoms with E-state index in [4.69, 9.17) is 4.74 Å². The van der Waals surface area contributed by atoms with E-state index in [1.54, 1.807) is 0 Å². The number of carbonyl (C=O) groups excluding carboxylic acids is 1. The number of hydrogen-bond donors (Lipinski definition) is 2. The number of amides is 1. The minimum Gasteiger partial charge on any atom is -0.376 e. The fraction of sp³-hybridized carbons (Fsp3) is 0.588. The smallest absolute Gasteiger partial charge is 0.224 e. The number of fused-ring (bicyclic) bond motifs is 1. The van der Waals surface area contributed by atoms with Gasteiger partial charge in [-0.25, -0.2) is 0 Å². The van der Waals surface area contributed by atoms with Crippen molar-refractivity contribution in [2.45, 2.75) is 51.2 Å². The van der Waals surface area contributed by atoms with Crippen molar-refractivity contribution in [2.75, 3.05) is 18.5 Å². The minimum atomic E-state index is 0.129. The van der Waals surface area contributed by atoms with Crippen molar-refractivity contribution in [1.82, 2.24) is 5.32 Å². The Balaban J connectivity index is 1.86. The van der Waals surface area contributed by atoms with Crippen molar-refractivity contribution in [1.29, 1.82) is 0 Å². The summed E-state index contributed by atoms with van der Waals surface area (Å²) in [5.74, 6) is 0.129. The second kappa shape index (κ2) is 6.58. The number of ether oxygens (including phenoxy) is 1. The van der Waals surface area contributed by atoms with Crippen molar-refractivity contribution in [2.24, 2.45) is 0 Å². The van der Waals surface area contributed by atoms with Crippen LogP contribution < -0.4 is 10.6 Å². The van der Waals surface area contributed by atoms with E-state index >= 15 is 0 Å². The molecule has 2 atom stereocenters. The van der Waals surface area contributed by atoms with Gasteiger partial charge in [0.25, 0.3) is 0 Å². The molecule has 21 heavy (non-hydrogen) atoms. The predicted octanol–water partition coefficient (Wildman–Crippen LogP) is 2.79. The van der Waals surface area contributed by atoms with Gasteiger partial charge in [0.2, 0.25) is 5.91 Å². The summed E-state index contributed by atoms with van der Waals surface area (Å²) in [6, 6.07) is 6.67. The maximum Gasteiger partial charge on any atom is 0.224 e. The molecule has 2 unspecified atom stereocenters. The summed E-state index contributed by atoms with van der Waals surface area (Å²) >= 11 is 0. The first-order chi connectivity index (χ1) is 10.3. The number of rotatable bonds is 4. The van der Waals surface area contributed by atoms with Crippen LogP contribution in [0.2, 0.25) is 0 Å². The van der Waals surface area contributed by atoms with Gasteiger partial charge in [-0.05, 0) is 49.4 Å². The van der Waals surface area contributed by atoms with Gasteiger partial charge in [-0.2, -0.15) is 0 Å². The molecule has 2 heterocycles. The van der Waals surface area contributed by atoms with E-state index in [1.807, 2.05) is 6.07 Å². The third kappa shape index (κ3) is 3.27. The molecule has 2 N–H and O–H groups in total. The third-order valence-electron chi connectivity index (χ3n) is 4.37. The highest BCUT2D eigenvalue weighted by atomic mass is 16.5. The van der Waals surface area contributed by atoms with Crippen molar-refractivity contribution in [3.63, 3.8) is 0 Å². The largest absolute Gasteiger partial charge is 0.376 e. The van der Waals surface area contributed by atoms with Crippen LogP contribution in [-0.4, -0.2) is 25.2 Å². The van der Waals surface area contributed by atoms with Gasteiger partial charge >= 0.3 is 0 Å².